The van der Waals surface area contributed by atoms with E-state index in [0.717, 1.165) is 11.3 Å². The van der Waals surface area contributed by atoms with Crippen molar-refractivity contribution in [3.05, 3.63) is 77.8 Å². The smallest absolute Gasteiger partial charge is 0.234 e. The number of para-hydroxylation sites is 3. The first-order chi connectivity index (χ1) is 16.6. The van der Waals surface area contributed by atoms with Crippen LogP contribution in [-0.2, 0) is 4.79 Å². The number of hydrogen-bond acceptors (Lipinski definition) is 6. The van der Waals surface area contributed by atoms with Crippen LogP contribution in [0.2, 0.25) is 5.02 Å². The number of hydrogen-bond donors (Lipinski definition) is 1. The second kappa shape index (κ2) is 11.1. The van der Waals surface area contributed by atoms with E-state index in [1.807, 2.05) is 72.2 Å². The molecule has 0 aliphatic carbocycles. The summed E-state index contributed by atoms with van der Waals surface area (Å²) in [4.78, 5) is 12.7. The van der Waals surface area contributed by atoms with Crippen molar-refractivity contribution in [3.8, 4) is 28.6 Å². The maximum absolute atomic E-state index is 12.7. The van der Waals surface area contributed by atoms with Gasteiger partial charge in [-0.25, -0.2) is 0 Å². The van der Waals surface area contributed by atoms with E-state index in [4.69, 9.17) is 21.1 Å². The Hall–Kier alpha value is -3.49. The first kappa shape index (κ1) is 23.7. The predicted octanol–water partition coefficient (Wildman–Crippen LogP) is 5.73. The Morgan fingerprint density at radius 1 is 1.00 bits per heavy atom. The Morgan fingerprint density at radius 2 is 1.71 bits per heavy atom. The maximum Gasteiger partial charge on any atom is 0.234 e. The van der Waals surface area contributed by atoms with Gasteiger partial charge in [0, 0.05) is 10.7 Å². The fraction of sp³-hybridized carbons (Fsp3) is 0.160. The lowest BCUT2D eigenvalue weighted by molar-refractivity contribution is -0.113. The van der Waals surface area contributed by atoms with Crippen LogP contribution in [0.25, 0.3) is 17.1 Å². The quantitative estimate of drug-likeness (QED) is 0.299. The molecule has 0 radical (unpaired) electrons. The first-order valence-corrected chi connectivity index (χ1v) is 12.0. The number of carbonyl (C=O) groups excluding carboxylic acids is 1. The van der Waals surface area contributed by atoms with Gasteiger partial charge in [-0.15, -0.1) is 10.2 Å². The van der Waals surface area contributed by atoms with E-state index >= 15 is 0 Å². The fourth-order valence-corrected chi connectivity index (χ4v) is 4.24. The normalized spacial score (nSPS) is 10.7. The minimum absolute atomic E-state index is 0.137. The van der Waals surface area contributed by atoms with Gasteiger partial charge in [-0.2, -0.15) is 0 Å². The van der Waals surface area contributed by atoms with Gasteiger partial charge >= 0.3 is 0 Å². The number of benzene rings is 3. The van der Waals surface area contributed by atoms with Crippen molar-refractivity contribution in [2.24, 2.45) is 0 Å². The largest absolute Gasteiger partial charge is 0.496 e. The van der Waals surface area contributed by atoms with E-state index in [0.29, 0.717) is 39.8 Å². The van der Waals surface area contributed by atoms with E-state index in [2.05, 4.69) is 15.5 Å². The molecule has 1 amide bonds. The summed E-state index contributed by atoms with van der Waals surface area (Å²) in [7, 11) is 1.61. The number of ether oxygens (including phenoxy) is 2. The lowest BCUT2D eigenvalue weighted by Gasteiger charge is -2.13. The van der Waals surface area contributed by atoms with Crippen molar-refractivity contribution < 1.29 is 14.3 Å². The lowest BCUT2D eigenvalue weighted by Crippen LogP contribution is -2.15. The van der Waals surface area contributed by atoms with Crippen molar-refractivity contribution in [3.63, 3.8) is 0 Å². The highest BCUT2D eigenvalue weighted by molar-refractivity contribution is 7.99. The third-order valence-electron chi connectivity index (χ3n) is 4.86. The number of nitrogens with zero attached hydrogens (tertiary/aromatic N) is 3. The molecule has 1 N–H and O–H groups in total. The van der Waals surface area contributed by atoms with Gasteiger partial charge in [0.25, 0.3) is 0 Å². The van der Waals surface area contributed by atoms with Crippen molar-refractivity contribution in [1.82, 2.24) is 14.8 Å². The average Bonchev–Trinajstić information content (AvgIpc) is 3.28. The number of amides is 1. The molecule has 7 nitrogen and oxygen atoms in total. The Bertz CT molecular complexity index is 1280. The highest BCUT2D eigenvalue weighted by Crippen LogP contribution is 2.33. The Morgan fingerprint density at radius 3 is 2.44 bits per heavy atom. The van der Waals surface area contributed by atoms with Gasteiger partial charge in [0.05, 0.1) is 30.7 Å². The van der Waals surface area contributed by atoms with E-state index in [-0.39, 0.29) is 11.7 Å². The summed E-state index contributed by atoms with van der Waals surface area (Å²) in [5.74, 6) is 1.86. The molecule has 34 heavy (non-hydrogen) atoms. The van der Waals surface area contributed by atoms with E-state index < -0.39 is 0 Å². The Balaban J connectivity index is 1.62. The molecule has 9 heteroatoms. The molecule has 0 unspecified atom stereocenters. The summed E-state index contributed by atoms with van der Waals surface area (Å²) in [6.45, 7) is 2.41. The molecular weight excluding hydrogens is 472 g/mol. The highest BCUT2D eigenvalue weighted by Gasteiger charge is 2.20. The zero-order chi connectivity index (χ0) is 23.9. The minimum Gasteiger partial charge on any atom is -0.496 e. The van der Waals surface area contributed by atoms with Crippen LogP contribution in [-0.4, -0.2) is 40.1 Å². The summed E-state index contributed by atoms with van der Waals surface area (Å²) in [5, 5.41) is 12.9. The number of carbonyl (C=O) groups is 1. The third kappa shape index (κ3) is 5.35. The topological polar surface area (TPSA) is 78.3 Å². The summed E-state index contributed by atoms with van der Waals surface area (Å²) >= 11 is 7.39. The van der Waals surface area contributed by atoms with Gasteiger partial charge in [0.1, 0.15) is 11.5 Å². The predicted molar refractivity (Wildman–Crippen MR) is 135 cm³/mol. The van der Waals surface area contributed by atoms with Gasteiger partial charge in [-0.3, -0.25) is 9.36 Å². The average molecular weight is 495 g/mol. The van der Waals surface area contributed by atoms with Crippen LogP contribution in [0.15, 0.2) is 78.0 Å². The molecule has 0 bridgehead atoms. The summed E-state index contributed by atoms with van der Waals surface area (Å²) < 4.78 is 13.0. The van der Waals surface area contributed by atoms with Gasteiger partial charge < -0.3 is 14.8 Å². The lowest BCUT2D eigenvalue weighted by atomic mass is 10.2. The molecule has 3 aromatic carbocycles. The summed E-state index contributed by atoms with van der Waals surface area (Å²) in [6.07, 6.45) is 0. The molecule has 0 spiro atoms. The molecule has 0 atom stereocenters. The number of nitrogens with one attached hydrogen (secondary N) is 1. The van der Waals surface area contributed by atoms with Gasteiger partial charge in [0.2, 0.25) is 5.91 Å². The molecule has 174 valence electrons. The fourth-order valence-electron chi connectivity index (χ4n) is 3.36. The van der Waals surface area contributed by atoms with Crippen LogP contribution in [0.4, 0.5) is 5.69 Å². The van der Waals surface area contributed by atoms with E-state index in [9.17, 15) is 4.79 Å². The molecule has 0 fully saturated rings. The second-order valence-electron chi connectivity index (χ2n) is 7.08. The minimum atomic E-state index is -0.179. The molecule has 0 aliphatic heterocycles. The van der Waals surface area contributed by atoms with E-state index in [1.165, 1.54) is 11.8 Å². The van der Waals surface area contributed by atoms with Gasteiger partial charge in [-0.1, -0.05) is 47.6 Å². The molecule has 0 aliphatic rings. The Labute approximate surface area is 207 Å². The van der Waals surface area contributed by atoms with Crippen LogP contribution in [0.1, 0.15) is 6.92 Å². The van der Waals surface area contributed by atoms with Gasteiger partial charge in [-0.05, 0) is 55.5 Å². The van der Waals surface area contributed by atoms with E-state index in [1.54, 1.807) is 19.2 Å². The van der Waals surface area contributed by atoms with Crippen LogP contribution in [0.5, 0.6) is 11.5 Å². The number of halogens is 1. The number of aromatic nitrogens is 3. The van der Waals surface area contributed by atoms with Crippen molar-refractivity contribution in [2.45, 2.75) is 12.1 Å². The third-order valence-corrected chi connectivity index (χ3v) is 6.04. The Kier molecular flexibility index (Phi) is 7.72. The number of anilines is 1. The van der Waals surface area contributed by atoms with Crippen LogP contribution in [0, 0.1) is 0 Å². The maximum atomic E-state index is 12.7. The van der Waals surface area contributed by atoms with Crippen molar-refractivity contribution in [2.75, 3.05) is 24.8 Å². The number of rotatable bonds is 9. The highest BCUT2D eigenvalue weighted by atomic mass is 35.5. The van der Waals surface area contributed by atoms with Crippen LogP contribution in [0.3, 0.4) is 0 Å². The first-order valence-electron chi connectivity index (χ1n) is 10.6. The molecular formula is C25H23ClN4O3S. The molecule has 1 heterocycles. The summed E-state index contributed by atoms with van der Waals surface area (Å²) in [6, 6.07) is 22.3. The molecule has 0 saturated heterocycles. The summed E-state index contributed by atoms with van der Waals surface area (Å²) in [5.41, 5.74) is 2.23. The number of thioether (sulfide) groups is 1. The molecule has 1 aromatic heterocycles. The van der Waals surface area contributed by atoms with Crippen molar-refractivity contribution in [1.29, 1.82) is 0 Å². The van der Waals surface area contributed by atoms with Gasteiger partial charge in [0.15, 0.2) is 11.0 Å². The SMILES string of the molecule is CCOc1ccccc1NC(=O)CSc1nnc(-c2ccccc2OC)n1-c1ccc(Cl)cc1. The zero-order valence-electron chi connectivity index (χ0n) is 18.7. The van der Waals surface area contributed by atoms with Crippen LogP contribution < -0.4 is 14.8 Å². The zero-order valence-corrected chi connectivity index (χ0v) is 20.3. The number of methoxy groups -OCH3 is 1. The molecule has 0 saturated carbocycles. The standard InChI is InChI=1S/C25H23ClN4O3S/c1-3-33-22-11-7-5-9-20(22)27-23(31)16-34-25-29-28-24(19-8-4-6-10-21(19)32-2)30(25)18-14-12-17(26)13-15-18/h4-15H,3,16H2,1-2H3,(H,27,31). The molecule has 4 rings (SSSR count). The van der Waals surface area contributed by atoms with Crippen molar-refractivity contribution >= 4 is 35.0 Å². The van der Waals surface area contributed by atoms with Crippen LogP contribution >= 0.6 is 23.4 Å². The molecule has 4 aromatic rings. The second-order valence-corrected chi connectivity index (χ2v) is 8.46. The monoisotopic (exact) mass is 494 g/mol.